The van der Waals surface area contributed by atoms with Gasteiger partial charge in [0.05, 0.1) is 12.9 Å². The number of hydrogen-bond acceptors (Lipinski definition) is 6. The predicted molar refractivity (Wildman–Crippen MR) is 123 cm³/mol. The Morgan fingerprint density at radius 2 is 1.90 bits per heavy atom. The van der Waals surface area contributed by atoms with Crippen molar-refractivity contribution in [1.82, 2.24) is 14.8 Å². The molecule has 2 aromatic carbocycles. The SMILES string of the molecule is C=CCn1c(COc2ccc(OC)cc2)nnc1SCC(=O)Nc1ccccc1CC. The molecule has 3 rings (SSSR count). The number of allylic oxidation sites excluding steroid dienone is 1. The van der Waals surface area contributed by atoms with Crippen molar-refractivity contribution in [1.29, 1.82) is 0 Å². The number of aromatic nitrogens is 3. The molecular formula is C23H26N4O3S. The molecule has 0 saturated heterocycles. The minimum Gasteiger partial charge on any atom is -0.497 e. The molecule has 31 heavy (non-hydrogen) atoms. The molecule has 7 nitrogen and oxygen atoms in total. The van der Waals surface area contributed by atoms with Crippen LogP contribution >= 0.6 is 11.8 Å². The topological polar surface area (TPSA) is 78.3 Å². The summed E-state index contributed by atoms with van der Waals surface area (Å²) in [6, 6.07) is 15.1. The minimum atomic E-state index is -0.0879. The molecule has 0 unspecified atom stereocenters. The van der Waals surface area contributed by atoms with Crippen LogP contribution in [0.25, 0.3) is 0 Å². The lowest BCUT2D eigenvalue weighted by Crippen LogP contribution is -2.16. The Morgan fingerprint density at radius 3 is 2.61 bits per heavy atom. The van der Waals surface area contributed by atoms with Crippen molar-refractivity contribution in [2.45, 2.75) is 31.7 Å². The van der Waals surface area contributed by atoms with Gasteiger partial charge in [-0.25, -0.2) is 0 Å². The van der Waals surface area contributed by atoms with E-state index >= 15 is 0 Å². The summed E-state index contributed by atoms with van der Waals surface area (Å²) >= 11 is 1.33. The average Bonchev–Trinajstić information content (AvgIpc) is 3.18. The number of thioether (sulfide) groups is 1. The first-order valence-corrected chi connectivity index (χ1v) is 10.9. The van der Waals surface area contributed by atoms with Gasteiger partial charge in [0.25, 0.3) is 0 Å². The quantitative estimate of drug-likeness (QED) is 0.354. The Bertz CT molecular complexity index is 1020. The van der Waals surface area contributed by atoms with Gasteiger partial charge in [-0.2, -0.15) is 0 Å². The van der Waals surface area contributed by atoms with Crippen LogP contribution in [-0.2, 0) is 24.4 Å². The standard InChI is InChI=1S/C23H26N4O3S/c1-4-14-27-21(15-30-19-12-10-18(29-3)11-13-19)25-26-23(27)31-16-22(28)24-20-9-7-6-8-17(20)5-2/h4,6-13H,1,5,14-16H2,2-3H3,(H,24,28). The second-order valence-corrected chi connectivity index (χ2v) is 7.55. The molecule has 0 fully saturated rings. The highest BCUT2D eigenvalue weighted by Gasteiger charge is 2.15. The lowest BCUT2D eigenvalue weighted by atomic mass is 10.1. The highest BCUT2D eigenvalue weighted by Crippen LogP contribution is 2.21. The van der Waals surface area contributed by atoms with E-state index < -0.39 is 0 Å². The fourth-order valence-electron chi connectivity index (χ4n) is 2.93. The van der Waals surface area contributed by atoms with Gasteiger partial charge in [0, 0.05) is 12.2 Å². The number of benzene rings is 2. The third-order valence-corrected chi connectivity index (χ3v) is 5.50. The van der Waals surface area contributed by atoms with Gasteiger partial charge < -0.3 is 14.8 Å². The van der Waals surface area contributed by atoms with Crippen molar-refractivity contribution in [3.8, 4) is 11.5 Å². The molecule has 8 heteroatoms. The molecule has 0 bridgehead atoms. The van der Waals surface area contributed by atoms with Crippen LogP contribution in [0, 0.1) is 0 Å². The van der Waals surface area contributed by atoms with Crippen molar-refractivity contribution in [2.24, 2.45) is 0 Å². The molecule has 0 aliphatic heterocycles. The third-order valence-electron chi connectivity index (χ3n) is 4.54. The first-order chi connectivity index (χ1) is 15.1. The van der Waals surface area contributed by atoms with E-state index in [-0.39, 0.29) is 18.3 Å². The summed E-state index contributed by atoms with van der Waals surface area (Å²) in [7, 11) is 1.62. The number of rotatable bonds is 11. The fraction of sp³-hybridized carbons (Fsp3) is 0.261. The van der Waals surface area contributed by atoms with Gasteiger partial charge in [-0.15, -0.1) is 16.8 Å². The number of anilines is 1. The van der Waals surface area contributed by atoms with E-state index in [2.05, 4.69) is 29.0 Å². The molecule has 1 N–H and O–H groups in total. The molecule has 0 saturated carbocycles. The molecule has 1 heterocycles. The summed E-state index contributed by atoms with van der Waals surface area (Å²) in [5.74, 6) is 2.27. The van der Waals surface area contributed by atoms with E-state index in [4.69, 9.17) is 9.47 Å². The van der Waals surface area contributed by atoms with Crippen molar-refractivity contribution in [2.75, 3.05) is 18.2 Å². The van der Waals surface area contributed by atoms with E-state index in [0.29, 0.717) is 23.3 Å². The lowest BCUT2D eigenvalue weighted by molar-refractivity contribution is -0.113. The first kappa shape index (κ1) is 22.4. The summed E-state index contributed by atoms with van der Waals surface area (Å²) in [5.41, 5.74) is 1.95. The number of para-hydroxylation sites is 1. The maximum Gasteiger partial charge on any atom is 0.234 e. The Balaban J connectivity index is 1.61. The van der Waals surface area contributed by atoms with Gasteiger partial charge in [0.15, 0.2) is 11.0 Å². The number of nitrogens with one attached hydrogen (secondary N) is 1. The van der Waals surface area contributed by atoms with Gasteiger partial charge >= 0.3 is 0 Å². The first-order valence-electron chi connectivity index (χ1n) is 9.95. The third kappa shape index (κ3) is 6.11. The summed E-state index contributed by atoms with van der Waals surface area (Å²) in [6.07, 6.45) is 2.62. The van der Waals surface area contributed by atoms with Crippen LogP contribution in [0.4, 0.5) is 5.69 Å². The molecular weight excluding hydrogens is 412 g/mol. The van der Waals surface area contributed by atoms with Crippen LogP contribution < -0.4 is 14.8 Å². The number of ether oxygens (including phenoxy) is 2. The second kappa shape index (κ2) is 11.2. The van der Waals surface area contributed by atoms with E-state index in [1.54, 1.807) is 13.2 Å². The zero-order chi connectivity index (χ0) is 22.1. The Hall–Kier alpha value is -3.26. The average molecular weight is 439 g/mol. The monoisotopic (exact) mass is 438 g/mol. The zero-order valence-electron chi connectivity index (χ0n) is 17.7. The van der Waals surface area contributed by atoms with E-state index in [9.17, 15) is 4.79 Å². The maximum absolute atomic E-state index is 12.4. The molecule has 0 aliphatic rings. The van der Waals surface area contributed by atoms with Gasteiger partial charge in [-0.1, -0.05) is 43.0 Å². The number of carbonyl (C=O) groups is 1. The van der Waals surface area contributed by atoms with Crippen LogP contribution in [-0.4, -0.2) is 33.5 Å². The normalized spacial score (nSPS) is 10.5. The number of aryl methyl sites for hydroxylation is 1. The smallest absolute Gasteiger partial charge is 0.234 e. The minimum absolute atomic E-state index is 0.0879. The van der Waals surface area contributed by atoms with Crippen molar-refractivity contribution in [3.63, 3.8) is 0 Å². The molecule has 0 atom stereocenters. The van der Waals surface area contributed by atoms with Gasteiger partial charge in [0.1, 0.15) is 18.1 Å². The summed E-state index contributed by atoms with van der Waals surface area (Å²) in [6.45, 7) is 6.65. The molecule has 0 spiro atoms. The van der Waals surface area contributed by atoms with Crippen LogP contribution in [0.1, 0.15) is 18.3 Å². The Labute approximate surface area is 186 Å². The molecule has 0 aliphatic carbocycles. The summed E-state index contributed by atoms with van der Waals surface area (Å²) in [4.78, 5) is 12.4. The van der Waals surface area contributed by atoms with Crippen LogP contribution in [0.5, 0.6) is 11.5 Å². The van der Waals surface area contributed by atoms with Gasteiger partial charge in [0.2, 0.25) is 5.91 Å². The fourth-order valence-corrected chi connectivity index (χ4v) is 3.70. The molecule has 0 radical (unpaired) electrons. The Morgan fingerprint density at radius 1 is 1.16 bits per heavy atom. The van der Waals surface area contributed by atoms with Crippen molar-refractivity contribution in [3.05, 3.63) is 72.6 Å². The van der Waals surface area contributed by atoms with E-state index in [1.807, 2.05) is 53.1 Å². The number of amides is 1. The second-order valence-electron chi connectivity index (χ2n) is 6.61. The van der Waals surface area contributed by atoms with Crippen LogP contribution in [0.2, 0.25) is 0 Å². The number of methoxy groups -OCH3 is 1. The van der Waals surface area contributed by atoms with Gasteiger partial charge in [-0.05, 0) is 42.3 Å². The molecule has 162 valence electrons. The number of hydrogen-bond donors (Lipinski definition) is 1. The van der Waals surface area contributed by atoms with Crippen LogP contribution in [0.3, 0.4) is 0 Å². The summed E-state index contributed by atoms with van der Waals surface area (Å²) in [5, 5.41) is 12.1. The molecule has 1 aromatic heterocycles. The van der Waals surface area contributed by atoms with Crippen molar-refractivity contribution < 1.29 is 14.3 Å². The molecule has 1 amide bonds. The lowest BCUT2D eigenvalue weighted by Gasteiger charge is -2.11. The van der Waals surface area contributed by atoms with Gasteiger partial charge in [-0.3, -0.25) is 9.36 Å². The number of carbonyl (C=O) groups excluding carboxylic acids is 1. The highest BCUT2D eigenvalue weighted by atomic mass is 32.2. The van der Waals surface area contributed by atoms with E-state index in [1.165, 1.54) is 11.8 Å². The predicted octanol–water partition coefficient (Wildman–Crippen LogP) is 4.34. The number of nitrogens with zero attached hydrogens (tertiary/aromatic N) is 3. The Kier molecular flexibility index (Phi) is 8.12. The largest absolute Gasteiger partial charge is 0.497 e. The maximum atomic E-state index is 12.4. The summed E-state index contributed by atoms with van der Waals surface area (Å²) < 4.78 is 12.9. The molecule has 3 aromatic rings. The van der Waals surface area contributed by atoms with E-state index in [0.717, 1.165) is 23.4 Å². The van der Waals surface area contributed by atoms with Crippen molar-refractivity contribution >= 4 is 23.4 Å². The zero-order valence-corrected chi connectivity index (χ0v) is 18.5. The highest BCUT2D eigenvalue weighted by molar-refractivity contribution is 7.99. The van der Waals surface area contributed by atoms with Crippen LogP contribution in [0.15, 0.2) is 66.3 Å².